The van der Waals surface area contributed by atoms with E-state index in [1.54, 1.807) is 0 Å². The van der Waals surface area contributed by atoms with Gasteiger partial charge in [0.25, 0.3) is 0 Å². The van der Waals surface area contributed by atoms with Crippen molar-refractivity contribution in [3.8, 4) is 0 Å². The van der Waals surface area contributed by atoms with Crippen molar-refractivity contribution < 1.29 is 0 Å². The summed E-state index contributed by atoms with van der Waals surface area (Å²) in [6, 6.07) is 8.22. The number of hydrogen-bond donors (Lipinski definition) is 2. The molecule has 5 nitrogen and oxygen atoms in total. The lowest BCUT2D eigenvalue weighted by Crippen LogP contribution is -2.54. The number of hydrogen-bond acceptors (Lipinski definition) is 5. The van der Waals surface area contributed by atoms with E-state index in [-0.39, 0.29) is 18.4 Å². The minimum Gasteiger partial charge on any atom is -0.369 e. The van der Waals surface area contributed by atoms with Gasteiger partial charge >= 0.3 is 0 Å². The van der Waals surface area contributed by atoms with Gasteiger partial charge in [-0.1, -0.05) is 19.1 Å². The fraction of sp³-hybridized carbons (Fsp3) is 0.385. The van der Waals surface area contributed by atoms with Crippen molar-refractivity contribution >= 4 is 30.0 Å². The molecule has 0 atom stereocenters. The zero-order chi connectivity index (χ0) is 13.3. The number of nitrogens with zero attached hydrogens (tertiary/aromatic N) is 3. The summed E-state index contributed by atoms with van der Waals surface area (Å²) in [5, 5.41) is 0. The predicted molar refractivity (Wildman–Crippen MR) is 82.9 cm³/mol. The summed E-state index contributed by atoms with van der Waals surface area (Å²) in [5.41, 5.74) is 13.3. The number of nitrogens with two attached hydrogens (primary N) is 2. The Hall–Kier alpha value is -1.75. The number of rotatable bonds is 2. The average Bonchev–Trinajstić information content (AvgIpc) is 2.27. The Morgan fingerprint density at radius 3 is 2.21 bits per heavy atom. The highest BCUT2D eigenvalue weighted by molar-refractivity contribution is 6.05. The summed E-state index contributed by atoms with van der Waals surface area (Å²) in [6.45, 7) is 6.03. The smallest absolute Gasteiger partial charge is 0.220 e. The first kappa shape index (κ1) is 15.3. The third-order valence-electron chi connectivity index (χ3n) is 3.00. The summed E-state index contributed by atoms with van der Waals surface area (Å²) in [4.78, 5) is 10.2. The maximum atomic E-state index is 5.96. The Balaban J connectivity index is 0.00000180. The van der Waals surface area contributed by atoms with Crippen molar-refractivity contribution in [2.24, 2.45) is 21.5 Å². The molecule has 0 aliphatic carbocycles. The Morgan fingerprint density at radius 1 is 1.16 bits per heavy atom. The first-order chi connectivity index (χ1) is 8.44. The molecule has 104 valence electrons. The van der Waals surface area contributed by atoms with Crippen molar-refractivity contribution in [1.82, 2.24) is 0 Å². The van der Waals surface area contributed by atoms with Crippen molar-refractivity contribution in [3.63, 3.8) is 0 Å². The van der Waals surface area contributed by atoms with Crippen LogP contribution in [0.25, 0.3) is 0 Å². The van der Waals surface area contributed by atoms with Gasteiger partial charge in [0, 0.05) is 5.69 Å². The van der Waals surface area contributed by atoms with Crippen LogP contribution in [0, 0.1) is 0 Å². The summed E-state index contributed by atoms with van der Waals surface area (Å²) in [6.07, 6.45) is 1.01. The fourth-order valence-electron chi connectivity index (χ4n) is 2.13. The predicted octanol–water partition coefficient (Wildman–Crippen LogP) is 1.86. The van der Waals surface area contributed by atoms with E-state index in [9.17, 15) is 0 Å². The van der Waals surface area contributed by atoms with Gasteiger partial charge in [0.05, 0.1) is 0 Å². The number of guanidine groups is 2. The Bertz CT molecular complexity index is 504. The average molecular weight is 282 g/mol. The van der Waals surface area contributed by atoms with Crippen LogP contribution in [0.5, 0.6) is 0 Å². The van der Waals surface area contributed by atoms with Crippen LogP contribution in [0.4, 0.5) is 5.69 Å². The van der Waals surface area contributed by atoms with Crippen LogP contribution in [0.1, 0.15) is 26.3 Å². The molecule has 1 aliphatic rings. The van der Waals surface area contributed by atoms with Crippen LogP contribution in [0.3, 0.4) is 0 Å². The molecule has 0 unspecified atom stereocenters. The number of anilines is 1. The molecule has 0 saturated carbocycles. The lowest BCUT2D eigenvalue weighted by Gasteiger charge is -2.38. The molecular formula is C13H20ClN5. The van der Waals surface area contributed by atoms with Crippen molar-refractivity contribution in [2.45, 2.75) is 32.9 Å². The SMILES string of the molecule is CCc1ccc(N2C(N)=NC(N)=NC2(C)C)cc1.Cl. The van der Waals surface area contributed by atoms with Gasteiger partial charge in [-0.3, -0.25) is 4.90 Å². The second-order valence-corrected chi connectivity index (χ2v) is 4.79. The van der Waals surface area contributed by atoms with E-state index in [2.05, 4.69) is 29.0 Å². The zero-order valence-corrected chi connectivity index (χ0v) is 12.2. The van der Waals surface area contributed by atoms with Gasteiger partial charge < -0.3 is 11.5 Å². The normalized spacial score (nSPS) is 17.3. The minimum absolute atomic E-state index is 0. The van der Waals surface area contributed by atoms with Gasteiger partial charge in [0.2, 0.25) is 11.9 Å². The molecule has 1 aliphatic heterocycles. The standard InChI is InChI=1S/C13H19N5.ClH/c1-4-9-5-7-10(8-6-9)18-12(15)16-11(14)17-13(18,2)3;/h5-8H,4H2,1-3H3,(H4,14,15,16,17);1H. The van der Waals surface area contributed by atoms with Gasteiger partial charge in [-0.2, -0.15) is 4.99 Å². The molecule has 0 amide bonds. The molecule has 19 heavy (non-hydrogen) atoms. The summed E-state index contributed by atoms with van der Waals surface area (Å²) in [5.74, 6) is 0.593. The number of benzene rings is 1. The molecule has 1 aromatic carbocycles. The van der Waals surface area contributed by atoms with E-state index in [4.69, 9.17) is 11.5 Å². The molecule has 1 heterocycles. The van der Waals surface area contributed by atoms with E-state index in [0.29, 0.717) is 5.96 Å². The van der Waals surface area contributed by atoms with E-state index < -0.39 is 5.66 Å². The number of aryl methyl sites for hydroxylation is 1. The van der Waals surface area contributed by atoms with Gasteiger partial charge in [0.15, 0.2) is 0 Å². The highest BCUT2D eigenvalue weighted by atomic mass is 35.5. The summed E-state index contributed by atoms with van der Waals surface area (Å²) in [7, 11) is 0. The molecule has 0 spiro atoms. The number of halogens is 1. The van der Waals surface area contributed by atoms with Crippen molar-refractivity contribution in [2.75, 3.05) is 4.90 Å². The Kier molecular flexibility index (Phi) is 4.42. The second-order valence-electron chi connectivity index (χ2n) is 4.79. The van der Waals surface area contributed by atoms with Gasteiger partial charge in [0.1, 0.15) is 5.66 Å². The highest BCUT2D eigenvalue weighted by Crippen LogP contribution is 2.27. The molecule has 0 aromatic heterocycles. The van der Waals surface area contributed by atoms with E-state index in [1.807, 2.05) is 30.9 Å². The molecule has 0 radical (unpaired) electrons. The largest absolute Gasteiger partial charge is 0.369 e. The van der Waals surface area contributed by atoms with Crippen LogP contribution >= 0.6 is 12.4 Å². The topological polar surface area (TPSA) is 80.0 Å². The zero-order valence-electron chi connectivity index (χ0n) is 11.4. The van der Waals surface area contributed by atoms with Crippen LogP contribution in [0.15, 0.2) is 34.3 Å². The fourth-order valence-corrected chi connectivity index (χ4v) is 2.13. The van der Waals surface area contributed by atoms with Gasteiger partial charge in [-0.25, -0.2) is 4.99 Å². The van der Waals surface area contributed by atoms with Gasteiger partial charge in [-0.05, 0) is 38.0 Å². The van der Waals surface area contributed by atoms with E-state index in [1.165, 1.54) is 5.56 Å². The van der Waals surface area contributed by atoms with Crippen LogP contribution in [0.2, 0.25) is 0 Å². The summed E-state index contributed by atoms with van der Waals surface area (Å²) < 4.78 is 0. The van der Waals surface area contributed by atoms with Crippen LogP contribution in [-0.4, -0.2) is 17.6 Å². The molecule has 0 saturated heterocycles. The Labute approximate surface area is 119 Å². The number of aliphatic imine (C=N–C) groups is 2. The lowest BCUT2D eigenvalue weighted by molar-refractivity contribution is 0.534. The third-order valence-corrected chi connectivity index (χ3v) is 3.00. The molecular weight excluding hydrogens is 262 g/mol. The molecule has 6 heteroatoms. The first-order valence-electron chi connectivity index (χ1n) is 6.02. The van der Waals surface area contributed by atoms with Crippen molar-refractivity contribution in [3.05, 3.63) is 29.8 Å². The molecule has 4 N–H and O–H groups in total. The maximum absolute atomic E-state index is 5.96. The lowest BCUT2D eigenvalue weighted by atomic mass is 10.1. The van der Waals surface area contributed by atoms with Crippen LogP contribution in [-0.2, 0) is 6.42 Å². The molecule has 0 bridgehead atoms. The van der Waals surface area contributed by atoms with Gasteiger partial charge in [-0.15, -0.1) is 12.4 Å². The maximum Gasteiger partial charge on any atom is 0.220 e. The van der Waals surface area contributed by atoms with E-state index >= 15 is 0 Å². The summed E-state index contributed by atoms with van der Waals surface area (Å²) >= 11 is 0. The second kappa shape index (κ2) is 5.48. The Morgan fingerprint density at radius 2 is 1.74 bits per heavy atom. The highest BCUT2D eigenvalue weighted by Gasteiger charge is 2.32. The molecule has 1 aromatic rings. The minimum atomic E-state index is -0.524. The molecule has 0 fully saturated rings. The first-order valence-corrected chi connectivity index (χ1v) is 6.02. The third kappa shape index (κ3) is 2.98. The molecule has 2 rings (SSSR count). The quantitative estimate of drug-likeness (QED) is 0.868. The monoisotopic (exact) mass is 281 g/mol. The van der Waals surface area contributed by atoms with Crippen LogP contribution < -0.4 is 16.4 Å². The van der Waals surface area contributed by atoms with Crippen molar-refractivity contribution in [1.29, 1.82) is 0 Å². The van der Waals surface area contributed by atoms with E-state index in [0.717, 1.165) is 12.1 Å².